The van der Waals surface area contributed by atoms with Gasteiger partial charge in [0.2, 0.25) is 0 Å². The predicted octanol–water partition coefficient (Wildman–Crippen LogP) is 1.83. The predicted molar refractivity (Wildman–Crippen MR) is 63.3 cm³/mol. The molecule has 0 fully saturated rings. The van der Waals surface area contributed by atoms with Crippen molar-refractivity contribution in [2.75, 3.05) is 5.73 Å². The van der Waals surface area contributed by atoms with Crippen LogP contribution in [0.15, 0.2) is 35.2 Å². The van der Waals surface area contributed by atoms with Crippen LogP contribution >= 0.6 is 0 Å². The smallest absolute Gasteiger partial charge is 0.121 e. The summed E-state index contributed by atoms with van der Waals surface area (Å²) in [5.41, 5.74) is 6.93. The molecule has 3 N–H and O–H groups in total. The minimum Gasteiger partial charge on any atom is -0.469 e. The van der Waals surface area contributed by atoms with Crippen molar-refractivity contribution in [1.29, 1.82) is 0 Å². The Kier molecular flexibility index (Phi) is 2.19. The lowest BCUT2D eigenvalue weighted by atomic mass is 9.78. The topological polar surface area (TPSA) is 72.3 Å². The maximum Gasteiger partial charge on any atom is 0.121 e. The Balaban J connectivity index is 2.18. The lowest BCUT2D eigenvalue weighted by molar-refractivity contribution is 0.0593. The second-order valence-electron chi connectivity index (χ2n) is 4.43. The molecule has 1 aliphatic rings. The molecule has 3 rings (SSSR count). The fourth-order valence-electron chi connectivity index (χ4n) is 2.57. The highest BCUT2D eigenvalue weighted by atomic mass is 16.3. The van der Waals surface area contributed by atoms with Gasteiger partial charge < -0.3 is 15.3 Å². The van der Waals surface area contributed by atoms with Crippen molar-refractivity contribution < 1.29 is 9.52 Å². The van der Waals surface area contributed by atoms with Crippen LogP contribution in [0.1, 0.15) is 29.7 Å². The number of fused-ring (bicyclic) bond motifs is 1. The van der Waals surface area contributed by atoms with Crippen molar-refractivity contribution in [3.05, 3.63) is 47.7 Å². The van der Waals surface area contributed by atoms with Crippen LogP contribution in [0, 0.1) is 0 Å². The van der Waals surface area contributed by atoms with E-state index >= 15 is 0 Å². The van der Waals surface area contributed by atoms with Crippen LogP contribution in [0.4, 0.5) is 5.69 Å². The molecule has 0 spiro atoms. The van der Waals surface area contributed by atoms with Crippen molar-refractivity contribution in [3.63, 3.8) is 0 Å². The zero-order valence-electron chi connectivity index (χ0n) is 9.39. The molecule has 0 bridgehead atoms. The summed E-state index contributed by atoms with van der Waals surface area (Å²) in [4.78, 5) is 4.05. The lowest BCUT2D eigenvalue weighted by Crippen LogP contribution is -2.32. The SMILES string of the molecule is Nc1ccncc1C1(O)CCCc2occc21. The summed E-state index contributed by atoms with van der Waals surface area (Å²) in [5.74, 6) is 0.849. The molecule has 88 valence electrons. The molecule has 1 unspecified atom stereocenters. The number of aryl methyl sites for hydroxylation is 1. The fourth-order valence-corrected chi connectivity index (χ4v) is 2.57. The molecule has 1 atom stereocenters. The minimum absolute atomic E-state index is 0.566. The summed E-state index contributed by atoms with van der Waals surface area (Å²) in [6.07, 6.45) is 7.28. The highest BCUT2D eigenvalue weighted by molar-refractivity contribution is 5.53. The molecule has 0 radical (unpaired) electrons. The fraction of sp³-hybridized carbons (Fsp3) is 0.308. The lowest BCUT2D eigenvalue weighted by Gasteiger charge is -2.32. The molecule has 2 aromatic heterocycles. The first-order valence-electron chi connectivity index (χ1n) is 5.71. The van der Waals surface area contributed by atoms with Crippen LogP contribution in [0.25, 0.3) is 0 Å². The van der Waals surface area contributed by atoms with Gasteiger partial charge in [0, 0.05) is 35.6 Å². The van der Waals surface area contributed by atoms with E-state index in [0.717, 1.165) is 24.2 Å². The number of pyridine rings is 1. The van der Waals surface area contributed by atoms with Gasteiger partial charge in [0.15, 0.2) is 0 Å². The Bertz CT molecular complexity index is 550. The van der Waals surface area contributed by atoms with Gasteiger partial charge >= 0.3 is 0 Å². The number of nitrogens with zero attached hydrogens (tertiary/aromatic N) is 1. The quantitative estimate of drug-likeness (QED) is 0.784. The zero-order valence-corrected chi connectivity index (χ0v) is 9.39. The number of nitrogen functional groups attached to an aromatic ring is 1. The Morgan fingerprint density at radius 2 is 2.24 bits per heavy atom. The second kappa shape index (κ2) is 3.60. The van der Waals surface area contributed by atoms with Gasteiger partial charge in [0.1, 0.15) is 11.4 Å². The zero-order chi connectivity index (χ0) is 11.9. The Hall–Kier alpha value is -1.81. The average molecular weight is 230 g/mol. The monoisotopic (exact) mass is 230 g/mol. The van der Waals surface area contributed by atoms with Crippen molar-refractivity contribution >= 4 is 5.69 Å². The number of nitrogens with two attached hydrogens (primary N) is 1. The van der Waals surface area contributed by atoms with Crippen LogP contribution in [-0.4, -0.2) is 10.1 Å². The van der Waals surface area contributed by atoms with E-state index in [2.05, 4.69) is 4.98 Å². The number of hydrogen-bond donors (Lipinski definition) is 2. The van der Waals surface area contributed by atoms with Crippen molar-refractivity contribution in [2.24, 2.45) is 0 Å². The van der Waals surface area contributed by atoms with Gasteiger partial charge in [0.05, 0.1) is 6.26 Å². The van der Waals surface area contributed by atoms with Gasteiger partial charge in [-0.25, -0.2) is 0 Å². The molecule has 2 aromatic rings. The first-order chi connectivity index (χ1) is 8.22. The second-order valence-corrected chi connectivity index (χ2v) is 4.43. The summed E-state index contributed by atoms with van der Waals surface area (Å²) in [6.45, 7) is 0. The number of rotatable bonds is 1. The van der Waals surface area contributed by atoms with Gasteiger partial charge in [-0.2, -0.15) is 0 Å². The molecule has 4 nitrogen and oxygen atoms in total. The highest BCUT2D eigenvalue weighted by Crippen LogP contribution is 2.42. The molecule has 0 amide bonds. The molecule has 1 aliphatic carbocycles. The van der Waals surface area contributed by atoms with Gasteiger partial charge in [-0.05, 0) is 25.0 Å². The van der Waals surface area contributed by atoms with Crippen molar-refractivity contribution in [3.8, 4) is 0 Å². The van der Waals surface area contributed by atoms with Crippen LogP contribution in [-0.2, 0) is 12.0 Å². The number of aliphatic hydroxyl groups is 1. The van der Waals surface area contributed by atoms with E-state index in [1.165, 1.54) is 0 Å². The maximum atomic E-state index is 10.9. The number of anilines is 1. The minimum atomic E-state index is -1.06. The van der Waals surface area contributed by atoms with Gasteiger partial charge in [-0.1, -0.05) is 0 Å². The Labute approximate surface area is 99.1 Å². The summed E-state index contributed by atoms with van der Waals surface area (Å²) in [7, 11) is 0. The molecule has 17 heavy (non-hydrogen) atoms. The largest absolute Gasteiger partial charge is 0.469 e. The molecule has 2 heterocycles. The Morgan fingerprint density at radius 1 is 1.35 bits per heavy atom. The summed E-state index contributed by atoms with van der Waals surface area (Å²) >= 11 is 0. The third-order valence-electron chi connectivity index (χ3n) is 3.43. The average Bonchev–Trinajstić information content (AvgIpc) is 2.79. The van der Waals surface area contributed by atoms with Gasteiger partial charge in [0.25, 0.3) is 0 Å². The molecular formula is C13H14N2O2. The van der Waals surface area contributed by atoms with Crippen molar-refractivity contribution in [2.45, 2.75) is 24.9 Å². The van der Waals surface area contributed by atoms with E-state index in [0.29, 0.717) is 17.7 Å². The Morgan fingerprint density at radius 3 is 3.06 bits per heavy atom. The number of furan rings is 1. The molecule has 0 aromatic carbocycles. The molecular weight excluding hydrogens is 216 g/mol. The standard InChI is InChI=1S/C13H14N2O2/c14-11-3-6-15-8-10(11)13(16)5-1-2-12-9(13)4-7-17-12/h3-4,6-8,16H,1-2,5H2,(H2,14,15). The third-order valence-corrected chi connectivity index (χ3v) is 3.43. The molecule has 4 heteroatoms. The molecule has 0 saturated heterocycles. The van der Waals surface area contributed by atoms with Crippen LogP contribution < -0.4 is 5.73 Å². The van der Waals surface area contributed by atoms with Gasteiger partial charge in [-0.3, -0.25) is 4.98 Å². The first kappa shape index (κ1) is 10.4. The molecule has 0 aliphatic heterocycles. The summed E-state index contributed by atoms with van der Waals surface area (Å²) in [5, 5.41) is 10.9. The van der Waals surface area contributed by atoms with E-state index in [1.807, 2.05) is 6.07 Å². The van der Waals surface area contributed by atoms with E-state index in [-0.39, 0.29) is 0 Å². The van der Waals surface area contributed by atoms with Crippen LogP contribution in [0.3, 0.4) is 0 Å². The van der Waals surface area contributed by atoms with Crippen molar-refractivity contribution in [1.82, 2.24) is 4.98 Å². The van der Waals surface area contributed by atoms with E-state index < -0.39 is 5.60 Å². The highest BCUT2D eigenvalue weighted by Gasteiger charge is 2.39. The normalized spacial score (nSPS) is 23.4. The summed E-state index contributed by atoms with van der Waals surface area (Å²) < 4.78 is 5.39. The van der Waals surface area contributed by atoms with Crippen LogP contribution in [0.5, 0.6) is 0 Å². The van der Waals surface area contributed by atoms with E-state index in [9.17, 15) is 5.11 Å². The number of aromatic nitrogens is 1. The van der Waals surface area contributed by atoms with E-state index in [4.69, 9.17) is 10.2 Å². The maximum absolute atomic E-state index is 10.9. The molecule has 0 saturated carbocycles. The number of hydrogen-bond acceptors (Lipinski definition) is 4. The first-order valence-corrected chi connectivity index (χ1v) is 5.71. The van der Waals surface area contributed by atoms with E-state index in [1.54, 1.807) is 24.7 Å². The summed E-state index contributed by atoms with van der Waals surface area (Å²) in [6, 6.07) is 3.53. The van der Waals surface area contributed by atoms with Gasteiger partial charge in [-0.15, -0.1) is 0 Å². The van der Waals surface area contributed by atoms with Crippen LogP contribution in [0.2, 0.25) is 0 Å². The third kappa shape index (κ3) is 1.45.